The van der Waals surface area contributed by atoms with E-state index < -0.39 is 10.2 Å². The van der Waals surface area contributed by atoms with Crippen LogP contribution in [0.1, 0.15) is 23.6 Å². The Hall–Kier alpha value is -3.51. The fourth-order valence-electron chi connectivity index (χ4n) is 3.99. The summed E-state index contributed by atoms with van der Waals surface area (Å²) in [6, 6.07) is 30.4. The number of nitrogens with zero attached hydrogens (tertiary/aromatic N) is 2. The summed E-state index contributed by atoms with van der Waals surface area (Å²) in [7, 11) is -4.72. The smallest absolute Gasteiger partial charge is 0.257 e. The van der Waals surface area contributed by atoms with Crippen LogP contribution in [0, 0.1) is 0 Å². The zero-order valence-corrected chi connectivity index (χ0v) is 17.3. The number of hydrazone groups is 1. The number of hydrogen-bond acceptors (Lipinski definition) is 4. The minimum Gasteiger partial charge on any atom is -0.257 e. The Labute approximate surface area is 180 Å². The third kappa shape index (κ3) is 3.82. The van der Waals surface area contributed by atoms with E-state index >= 15 is 0 Å². The maximum Gasteiger partial charge on any atom is 0.332 e. The van der Waals surface area contributed by atoms with Gasteiger partial charge in [-0.05, 0) is 46.2 Å². The van der Waals surface area contributed by atoms with E-state index in [1.54, 1.807) is 12.1 Å². The standard InChI is InChI=1S/C25H19FN2O2S/c26-31(29,30)23-14-11-19(12-15-23)24-17-25(20-7-2-1-3-8-20)28(27-24)22-13-10-18-6-4-5-9-21(18)16-22/h1-16,25H,17H2. The lowest BCUT2D eigenvalue weighted by Crippen LogP contribution is -2.18. The maximum absolute atomic E-state index is 13.3. The van der Waals surface area contributed by atoms with Crippen LogP contribution in [0.2, 0.25) is 0 Å². The first-order valence-electron chi connectivity index (χ1n) is 9.95. The Morgan fingerprint density at radius 2 is 1.48 bits per heavy atom. The van der Waals surface area contributed by atoms with Gasteiger partial charge >= 0.3 is 10.2 Å². The molecule has 1 aliphatic rings. The van der Waals surface area contributed by atoms with Gasteiger partial charge in [0.1, 0.15) is 0 Å². The van der Waals surface area contributed by atoms with E-state index in [-0.39, 0.29) is 10.9 Å². The highest BCUT2D eigenvalue weighted by atomic mass is 32.3. The average molecular weight is 431 g/mol. The van der Waals surface area contributed by atoms with Crippen molar-refractivity contribution in [3.8, 4) is 0 Å². The summed E-state index contributed by atoms with van der Waals surface area (Å²) >= 11 is 0. The first-order chi connectivity index (χ1) is 15.0. The Morgan fingerprint density at radius 3 is 2.19 bits per heavy atom. The molecule has 4 aromatic carbocycles. The predicted molar refractivity (Wildman–Crippen MR) is 121 cm³/mol. The molecule has 0 N–H and O–H groups in total. The minimum atomic E-state index is -4.72. The molecular formula is C25H19FN2O2S. The van der Waals surface area contributed by atoms with Crippen LogP contribution in [0.5, 0.6) is 0 Å². The van der Waals surface area contributed by atoms with Crippen LogP contribution >= 0.6 is 0 Å². The molecule has 1 aliphatic heterocycles. The van der Waals surface area contributed by atoms with Crippen molar-refractivity contribution >= 4 is 32.4 Å². The molecule has 0 radical (unpaired) electrons. The van der Waals surface area contributed by atoms with E-state index in [0.29, 0.717) is 6.42 Å². The number of hydrogen-bond donors (Lipinski definition) is 0. The summed E-state index contributed by atoms with van der Waals surface area (Å²) in [6.45, 7) is 0. The van der Waals surface area contributed by atoms with Gasteiger partial charge < -0.3 is 0 Å². The molecule has 0 fully saturated rings. The van der Waals surface area contributed by atoms with E-state index in [0.717, 1.165) is 33.3 Å². The van der Waals surface area contributed by atoms with Gasteiger partial charge in [0.2, 0.25) is 0 Å². The van der Waals surface area contributed by atoms with Gasteiger partial charge in [0.05, 0.1) is 22.3 Å². The molecule has 0 amide bonds. The Bertz CT molecular complexity index is 1380. The Balaban J connectivity index is 1.57. The highest BCUT2D eigenvalue weighted by Gasteiger charge is 2.30. The normalized spacial score (nSPS) is 16.5. The summed E-state index contributed by atoms with van der Waals surface area (Å²) in [5, 5.41) is 9.20. The van der Waals surface area contributed by atoms with Crippen LogP contribution in [-0.2, 0) is 10.2 Å². The Kier molecular flexibility index (Phi) is 4.79. The van der Waals surface area contributed by atoms with Gasteiger partial charge in [0.25, 0.3) is 0 Å². The van der Waals surface area contributed by atoms with Crippen molar-refractivity contribution in [3.05, 3.63) is 108 Å². The van der Waals surface area contributed by atoms with Gasteiger partial charge in [0, 0.05) is 6.42 Å². The molecule has 1 heterocycles. The van der Waals surface area contributed by atoms with Crippen LogP contribution in [0.15, 0.2) is 107 Å². The van der Waals surface area contributed by atoms with E-state index in [4.69, 9.17) is 5.10 Å². The van der Waals surface area contributed by atoms with Gasteiger partial charge in [-0.1, -0.05) is 72.8 Å². The molecule has 1 atom stereocenters. The second-order valence-corrected chi connectivity index (χ2v) is 8.86. The molecule has 5 rings (SSSR count). The molecule has 0 saturated carbocycles. The first kappa shape index (κ1) is 19.5. The fourth-order valence-corrected chi connectivity index (χ4v) is 4.45. The van der Waals surface area contributed by atoms with E-state index in [2.05, 4.69) is 42.5 Å². The lowest BCUT2D eigenvalue weighted by molar-refractivity contribution is 0.552. The predicted octanol–water partition coefficient (Wildman–Crippen LogP) is 5.85. The average Bonchev–Trinajstić information content (AvgIpc) is 3.24. The second kappa shape index (κ2) is 7.63. The van der Waals surface area contributed by atoms with Gasteiger partial charge in [-0.15, -0.1) is 3.89 Å². The van der Waals surface area contributed by atoms with Crippen molar-refractivity contribution in [3.63, 3.8) is 0 Å². The van der Waals surface area contributed by atoms with E-state index in [1.165, 1.54) is 12.1 Å². The number of rotatable bonds is 4. The molecule has 1 unspecified atom stereocenters. The second-order valence-electron chi connectivity index (χ2n) is 7.52. The molecule has 0 bridgehead atoms. The van der Waals surface area contributed by atoms with Gasteiger partial charge in [-0.3, -0.25) is 5.01 Å². The topological polar surface area (TPSA) is 49.7 Å². The van der Waals surface area contributed by atoms with Gasteiger partial charge in [-0.2, -0.15) is 13.5 Å². The van der Waals surface area contributed by atoms with Crippen LogP contribution in [0.25, 0.3) is 10.8 Å². The summed E-state index contributed by atoms with van der Waals surface area (Å²) in [5.74, 6) is 0. The number of halogens is 1. The van der Waals surface area contributed by atoms with Crippen molar-refractivity contribution < 1.29 is 12.3 Å². The fraction of sp³-hybridized carbons (Fsp3) is 0.0800. The summed E-state index contributed by atoms with van der Waals surface area (Å²) < 4.78 is 35.5. The van der Waals surface area contributed by atoms with Gasteiger partial charge in [-0.25, -0.2) is 0 Å². The number of anilines is 1. The van der Waals surface area contributed by atoms with Crippen molar-refractivity contribution in [2.24, 2.45) is 5.10 Å². The summed E-state index contributed by atoms with van der Waals surface area (Å²) in [6.07, 6.45) is 0.651. The monoisotopic (exact) mass is 430 g/mol. The minimum absolute atomic E-state index is 0.00180. The zero-order chi connectivity index (χ0) is 21.4. The van der Waals surface area contributed by atoms with Crippen LogP contribution < -0.4 is 5.01 Å². The third-order valence-corrected chi connectivity index (χ3v) is 6.40. The van der Waals surface area contributed by atoms with Gasteiger partial charge in [0.15, 0.2) is 0 Å². The third-order valence-electron chi connectivity index (χ3n) is 5.56. The van der Waals surface area contributed by atoms with Crippen molar-refractivity contribution in [2.45, 2.75) is 17.4 Å². The first-order valence-corrected chi connectivity index (χ1v) is 11.3. The van der Waals surface area contributed by atoms with E-state index in [1.807, 2.05) is 35.3 Å². The Morgan fingerprint density at radius 1 is 0.806 bits per heavy atom. The molecular weight excluding hydrogens is 411 g/mol. The number of fused-ring (bicyclic) bond motifs is 1. The SMILES string of the molecule is O=S(=O)(F)c1ccc(C2=NN(c3ccc4ccccc4c3)C(c3ccccc3)C2)cc1. The quantitative estimate of drug-likeness (QED) is 0.382. The van der Waals surface area contributed by atoms with Crippen molar-refractivity contribution in [1.82, 2.24) is 0 Å². The molecule has 0 aromatic heterocycles. The molecule has 0 saturated heterocycles. The molecule has 6 heteroatoms. The lowest BCUT2D eigenvalue weighted by atomic mass is 9.98. The largest absolute Gasteiger partial charge is 0.332 e. The van der Waals surface area contributed by atoms with Crippen LogP contribution in [-0.4, -0.2) is 14.1 Å². The zero-order valence-electron chi connectivity index (χ0n) is 16.5. The lowest BCUT2D eigenvalue weighted by Gasteiger charge is -2.24. The molecule has 154 valence electrons. The summed E-state index contributed by atoms with van der Waals surface area (Å²) in [5.41, 5.74) is 3.71. The summed E-state index contributed by atoms with van der Waals surface area (Å²) in [4.78, 5) is -0.346. The molecule has 0 aliphatic carbocycles. The van der Waals surface area contributed by atoms with Crippen LogP contribution in [0.4, 0.5) is 9.57 Å². The van der Waals surface area contributed by atoms with Crippen LogP contribution in [0.3, 0.4) is 0 Å². The van der Waals surface area contributed by atoms with Crippen molar-refractivity contribution in [1.29, 1.82) is 0 Å². The molecule has 31 heavy (non-hydrogen) atoms. The highest BCUT2D eigenvalue weighted by molar-refractivity contribution is 7.86. The molecule has 0 spiro atoms. The molecule has 4 nitrogen and oxygen atoms in total. The maximum atomic E-state index is 13.3. The molecule has 4 aromatic rings. The van der Waals surface area contributed by atoms with Crippen molar-refractivity contribution in [2.75, 3.05) is 5.01 Å². The number of benzene rings is 4. The highest BCUT2D eigenvalue weighted by Crippen LogP contribution is 2.37. The van der Waals surface area contributed by atoms with E-state index in [9.17, 15) is 12.3 Å².